The lowest BCUT2D eigenvalue weighted by atomic mass is 10.1. The number of hydrogen-bond acceptors (Lipinski definition) is 6. The van der Waals surface area contributed by atoms with Gasteiger partial charge in [0.05, 0.1) is 6.54 Å². The zero-order valence-electron chi connectivity index (χ0n) is 14.2. The molecule has 0 bridgehead atoms. The Kier molecular flexibility index (Phi) is 4.80. The van der Waals surface area contributed by atoms with Gasteiger partial charge in [-0.1, -0.05) is 23.5 Å². The highest BCUT2D eigenvalue weighted by Gasteiger charge is 2.17. The van der Waals surface area contributed by atoms with Crippen LogP contribution in [-0.4, -0.2) is 25.7 Å². The summed E-state index contributed by atoms with van der Waals surface area (Å²) in [6.07, 6.45) is 1.57. The zero-order chi connectivity index (χ0) is 19.7. The van der Waals surface area contributed by atoms with Crippen molar-refractivity contribution in [2.45, 2.75) is 6.54 Å². The van der Waals surface area contributed by atoms with Gasteiger partial charge in [0.2, 0.25) is 5.13 Å². The molecule has 0 atom stereocenters. The van der Waals surface area contributed by atoms with Crippen LogP contribution < -0.4 is 10.9 Å². The van der Waals surface area contributed by atoms with E-state index in [0.717, 1.165) is 11.3 Å². The van der Waals surface area contributed by atoms with Gasteiger partial charge in [-0.15, -0.1) is 5.10 Å². The molecular weight excluding hydrogens is 401 g/mol. The minimum absolute atomic E-state index is 0.0521. The number of rotatable bonds is 4. The molecule has 0 saturated heterocycles. The van der Waals surface area contributed by atoms with Crippen molar-refractivity contribution in [3.8, 4) is 0 Å². The van der Waals surface area contributed by atoms with Gasteiger partial charge in [-0.25, -0.2) is 9.37 Å². The summed E-state index contributed by atoms with van der Waals surface area (Å²) in [4.78, 5) is 30.0. The molecule has 7 nitrogen and oxygen atoms in total. The number of H-pyrrole nitrogens is 1. The van der Waals surface area contributed by atoms with E-state index in [1.165, 1.54) is 22.8 Å². The fourth-order valence-electron chi connectivity index (χ4n) is 2.74. The number of benzene rings is 1. The molecule has 3 aromatic heterocycles. The highest BCUT2D eigenvalue weighted by atomic mass is 32.1. The second-order valence-electron chi connectivity index (χ2n) is 5.86. The third kappa shape index (κ3) is 3.59. The summed E-state index contributed by atoms with van der Waals surface area (Å²) in [6, 6.07) is 10.8. The Morgan fingerprint density at radius 3 is 2.79 bits per heavy atom. The first-order chi connectivity index (χ1) is 13.5. The zero-order valence-corrected chi connectivity index (χ0v) is 15.8. The van der Waals surface area contributed by atoms with E-state index in [0.29, 0.717) is 20.6 Å². The Hall–Kier alpha value is -3.24. The Morgan fingerprint density at radius 2 is 2.07 bits per heavy atom. The first-order valence-electron chi connectivity index (χ1n) is 8.11. The molecule has 0 spiro atoms. The first-order valence-corrected chi connectivity index (χ1v) is 9.33. The summed E-state index contributed by atoms with van der Waals surface area (Å²) in [6.45, 7) is 0.148. The standard InChI is InChI=1S/C18H12FN5O2S2/c19-12-5-3-10(4-6-12)9-24-14-11(2-1-7-20-14)8-13(16(24)26)15(25)21-17-22-23-18(27)28-17/h1-8H,9H2,(H,23,27)(H,21,22,25). The number of amides is 1. The summed E-state index contributed by atoms with van der Waals surface area (Å²) < 4.78 is 15.0. The Balaban J connectivity index is 1.80. The summed E-state index contributed by atoms with van der Waals surface area (Å²) in [5, 5.41) is 9.90. The van der Waals surface area contributed by atoms with Gasteiger partial charge in [0, 0.05) is 11.6 Å². The smallest absolute Gasteiger partial charge is 0.265 e. The van der Waals surface area contributed by atoms with E-state index in [1.54, 1.807) is 30.5 Å². The molecule has 0 saturated carbocycles. The fraction of sp³-hybridized carbons (Fsp3) is 0.0556. The average molecular weight is 413 g/mol. The van der Waals surface area contributed by atoms with Crippen LogP contribution >= 0.6 is 23.6 Å². The van der Waals surface area contributed by atoms with Crippen molar-refractivity contribution < 1.29 is 9.18 Å². The van der Waals surface area contributed by atoms with Gasteiger partial charge in [-0.3, -0.25) is 24.6 Å². The lowest BCUT2D eigenvalue weighted by molar-refractivity contribution is 0.102. The van der Waals surface area contributed by atoms with E-state index in [-0.39, 0.29) is 23.1 Å². The van der Waals surface area contributed by atoms with Crippen LogP contribution in [0.4, 0.5) is 9.52 Å². The second-order valence-corrected chi connectivity index (χ2v) is 7.53. The molecule has 0 aliphatic carbocycles. The number of anilines is 1. The van der Waals surface area contributed by atoms with Crippen molar-refractivity contribution in [1.82, 2.24) is 19.7 Å². The summed E-state index contributed by atoms with van der Waals surface area (Å²) in [7, 11) is 0. The number of carbonyl (C=O) groups excluding carboxylic acids is 1. The van der Waals surface area contributed by atoms with E-state index >= 15 is 0 Å². The highest BCUT2D eigenvalue weighted by Crippen LogP contribution is 2.16. The van der Waals surface area contributed by atoms with Crippen LogP contribution in [0.1, 0.15) is 15.9 Å². The molecule has 0 aliphatic heterocycles. The van der Waals surface area contributed by atoms with Crippen molar-refractivity contribution in [3.05, 3.63) is 79.9 Å². The monoisotopic (exact) mass is 413 g/mol. The highest BCUT2D eigenvalue weighted by molar-refractivity contribution is 7.73. The SMILES string of the molecule is O=C(Nc1n[nH]c(=S)s1)c1cc2cccnc2n(Cc2ccc(F)cc2)c1=O. The van der Waals surface area contributed by atoms with Crippen molar-refractivity contribution in [1.29, 1.82) is 0 Å². The molecule has 28 heavy (non-hydrogen) atoms. The van der Waals surface area contributed by atoms with Crippen molar-refractivity contribution in [3.63, 3.8) is 0 Å². The number of pyridine rings is 2. The third-order valence-corrected chi connectivity index (χ3v) is 5.01. The predicted octanol–water partition coefficient (Wildman–Crippen LogP) is 3.35. The van der Waals surface area contributed by atoms with Crippen molar-refractivity contribution in [2.24, 2.45) is 0 Å². The van der Waals surface area contributed by atoms with Crippen LogP contribution in [0, 0.1) is 9.77 Å². The predicted molar refractivity (Wildman–Crippen MR) is 107 cm³/mol. The Labute approximate surface area is 166 Å². The molecule has 0 radical (unpaired) electrons. The van der Waals surface area contributed by atoms with Gasteiger partial charge in [-0.2, -0.15) is 0 Å². The number of nitrogens with one attached hydrogen (secondary N) is 2. The van der Waals surface area contributed by atoms with Gasteiger partial charge >= 0.3 is 0 Å². The molecule has 1 amide bonds. The van der Waals surface area contributed by atoms with Crippen molar-refractivity contribution in [2.75, 3.05) is 5.32 Å². The lowest BCUT2D eigenvalue weighted by Gasteiger charge is -2.12. The molecule has 140 valence electrons. The van der Waals surface area contributed by atoms with Crippen LogP contribution in [-0.2, 0) is 6.54 Å². The molecule has 0 unspecified atom stereocenters. The fourth-order valence-corrected chi connectivity index (χ4v) is 3.52. The molecule has 2 N–H and O–H groups in total. The van der Waals surface area contributed by atoms with E-state index in [4.69, 9.17) is 12.2 Å². The summed E-state index contributed by atoms with van der Waals surface area (Å²) >= 11 is 6.03. The van der Waals surface area contributed by atoms with E-state index in [2.05, 4.69) is 20.5 Å². The second kappa shape index (κ2) is 7.41. The number of nitrogens with zero attached hydrogens (tertiary/aromatic N) is 3. The number of fused-ring (bicyclic) bond motifs is 1. The number of carbonyl (C=O) groups is 1. The maximum atomic E-state index is 13.2. The first kappa shape index (κ1) is 18.1. The van der Waals surface area contributed by atoms with Gasteiger partial charge in [0.15, 0.2) is 3.95 Å². The molecule has 10 heteroatoms. The lowest BCUT2D eigenvalue weighted by Crippen LogP contribution is -2.30. The maximum Gasteiger partial charge on any atom is 0.265 e. The molecular formula is C18H12FN5O2S2. The molecule has 1 aromatic carbocycles. The van der Waals surface area contributed by atoms with Crippen LogP contribution in [0.15, 0.2) is 53.5 Å². The molecule has 3 heterocycles. The summed E-state index contributed by atoms with van der Waals surface area (Å²) in [5.74, 6) is -0.963. The molecule has 0 fully saturated rings. The molecule has 4 aromatic rings. The van der Waals surface area contributed by atoms with E-state index in [1.807, 2.05) is 0 Å². The van der Waals surface area contributed by atoms with E-state index < -0.39 is 11.5 Å². The van der Waals surface area contributed by atoms with Crippen LogP contribution in [0.3, 0.4) is 0 Å². The number of aromatic nitrogens is 4. The van der Waals surface area contributed by atoms with Crippen LogP contribution in [0.5, 0.6) is 0 Å². The minimum Gasteiger partial charge on any atom is -0.296 e. The Morgan fingerprint density at radius 1 is 1.29 bits per heavy atom. The molecule has 4 rings (SSSR count). The Bertz CT molecular complexity index is 1290. The average Bonchev–Trinajstić information content (AvgIpc) is 3.10. The van der Waals surface area contributed by atoms with Gasteiger partial charge < -0.3 is 0 Å². The van der Waals surface area contributed by atoms with E-state index in [9.17, 15) is 14.0 Å². The van der Waals surface area contributed by atoms with Crippen molar-refractivity contribution >= 4 is 45.6 Å². The number of halogens is 1. The largest absolute Gasteiger partial charge is 0.296 e. The van der Waals surface area contributed by atoms with Crippen LogP contribution in [0.25, 0.3) is 11.0 Å². The van der Waals surface area contributed by atoms with Crippen LogP contribution in [0.2, 0.25) is 0 Å². The topological polar surface area (TPSA) is 92.7 Å². The number of hydrogen-bond donors (Lipinski definition) is 2. The summed E-state index contributed by atoms with van der Waals surface area (Å²) in [5.41, 5.74) is 0.581. The maximum absolute atomic E-state index is 13.2. The quantitative estimate of drug-likeness (QED) is 0.501. The van der Waals surface area contributed by atoms with Gasteiger partial charge in [0.1, 0.15) is 17.0 Å². The third-order valence-electron chi connectivity index (χ3n) is 4.01. The minimum atomic E-state index is -0.596. The normalized spacial score (nSPS) is 10.9. The van der Waals surface area contributed by atoms with Gasteiger partial charge in [0.25, 0.3) is 11.5 Å². The number of aromatic amines is 1. The van der Waals surface area contributed by atoms with Gasteiger partial charge in [-0.05, 0) is 48.1 Å². The molecule has 0 aliphatic rings.